The van der Waals surface area contributed by atoms with Crippen LogP contribution in [0.5, 0.6) is 0 Å². The van der Waals surface area contributed by atoms with Gasteiger partial charge in [0.1, 0.15) is 5.78 Å². The third-order valence-corrected chi connectivity index (χ3v) is 0. The molecule has 0 bridgehead atoms. The molecule has 0 saturated heterocycles. The van der Waals surface area contributed by atoms with Crippen molar-refractivity contribution >= 4 is 5.78 Å². The molecule has 0 spiro atoms. The molecule has 0 aromatic heterocycles. The minimum Gasteiger partial charge on any atom is -0.300 e. The molecule has 0 saturated carbocycles. The van der Waals surface area contributed by atoms with Crippen LogP contribution in [0.15, 0.2) is 0 Å². The zero-order valence-corrected chi connectivity index (χ0v) is 5.05. The Kier molecular flexibility index (Phi) is 9.17. The van der Waals surface area contributed by atoms with Crippen molar-refractivity contribution < 1.29 is 42.1 Å². The zero-order chi connectivity index (χ0) is 3.58. The van der Waals surface area contributed by atoms with E-state index in [4.69, 9.17) is 0 Å². The van der Waals surface area contributed by atoms with Gasteiger partial charge >= 0.3 is 0 Å². The first-order chi connectivity index (χ1) is 1.73. The number of hydrogen-bond donors (Lipinski definition) is 0. The molecule has 0 atom stereocenters. The SMILES string of the molecule is CC(C)=O.[Er]. The van der Waals surface area contributed by atoms with Crippen LogP contribution in [0.2, 0.25) is 0 Å². The summed E-state index contributed by atoms with van der Waals surface area (Å²) in [5, 5.41) is 0. The molecule has 0 aliphatic carbocycles. The molecule has 0 radical (unpaired) electrons. The number of carbonyl (C=O) groups excluding carboxylic acids is 1. The van der Waals surface area contributed by atoms with Gasteiger partial charge in [0.2, 0.25) is 0 Å². The Morgan fingerprint density at radius 3 is 1.40 bits per heavy atom. The monoisotopic (exact) mass is 224 g/mol. The molecule has 0 aliphatic rings. The number of ketones is 1. The molecule has 0 unspecified atom stereocenters. The van der Waals surface area contributed by atoms with E-state index in [9.17, 15) is 4.79 Å². The van der Waals surface area contributed by atoms with Crippen LogP contribution in [-0.4, -0.2) is 5.78 Å². The van der Waals surface area contributed by atoms with Gasteiger partial charge < -0.3 is 4.79 Å². The predicted octanol–water partition coefficient (Wildman–Crippen LogP) is 0.595. The second kappa shape index (κ2) is 4.92. The van der Waals surface area contributed by atoms with E-state index < -0.39 is 0 Å². The minimum absolute atomic E-state index is 0. The van der Waals surface area contributed by atoms with Crippen LogP contribution in [0.3, 0.4) is 0 Å². The van der Waals surface area contributed by atoms with Gasteiger partial charge in [-0.25, -0.2) is 0 Å². The Bertz CT molecular complexity index is 29.9. The van der Waals surface area contributed by atoms with E-state index in [0.29, 0.717) is 0 Å². The summed E-state index contributed by atoms with van der Waals surface area (Å²) in [7, 11) is 0. The van der Waals surface area contributed by atoms with Gasteiger partial charge in [-0.1, -0.05) is 0 Å². The van der Waals surface area contributed by atoms with Crippen LogP contribution in [0.4, 0.5) is 0 Å². The van der Waals surface area contributed by atoms with Crippen LogP contribution < -0.4 is 0 Å². The Labute approximate surface area is 61.3 Å². The molecular formula is C3H6ErO. The summed E-state index contributed by atoms with van der Waals surface area (Å²) in [5.41, 5.74) is 0. The van der Waals surface area contributed by atoms with Gasteiger partial charge in [0.05, 0.1) is 0 Å². The summed E-state index contributed by atoms with van der Waals surface area (Å²) in [6.07, 6.45) is 0. The number of Topliss-reactive ketones (excluding diaryl/α,β-unsaturated/α-hetero) is 1. The predicted molar refractivity (Wildman–Crippen MR) is 16.4 cm³/mol. The average Bonchev–Trinajstić information content (AvgIpc) is 0.811. The summed E-state index contributed by atoms with van der Waals surface area (Å²) < 4.78 is 0. The van der Waals surface area contributed by atoms with Crippen LogP contribution in [0, 0.1) is 37.3 Å². The molecule has 0 amide bonds. The summed E-state index contributed by atoms with van der Waals surface area (Å²) >= 11 is 0. The molecule has 5 heavy (non-hydrogen) atoms. The fraction of sp³-hybridized carbons (Fsp3) is 0.667. The molecule has 0 N–H and O–H groups in total. The third-order valence-electron chi connectivity index (χ3n) is 0. The van der Waals surface area contributed by atoms with Crippen molar-refractivity contribution in [3.8, 4) is 0 Å². The van der Waals surface area contributed by atoms with Gasteiger partial charge in [-0.15, -0.1) is 0 Å². The van der Waals surface area contributed by atoms with Crippen molar-refractivity contribution in [3.05, 3.63) is 0 Å². The quantitative estimate of drug-likeness (QED) is 0.590. The largest absolute Gasteiger partial charge is 0.300 e. The Morgan fingerprint density at radius 2 is 1.40 bits per heavy atom. The van der Waals surface area contributed by atoms with Gasteiger partial charge in [-0.2, -0.15) is 0 Å². The molecule has 2 heteroatoms. The van der Waals surface area contributed by atoms with Gasteiger partial charge in [0.25, 0.3) is 0 Å². The van der Waals surface area contributed by atoms with E-state index in [1.165, 1.54) is 13.8 Å². The van der Waals surface area contributed by atoms with E-state index in [2.05, 4.69) is 0 Å². The van der Waals surface area contributed by atoms with Crippen LogP contribution in [0.1, 0.15) is 13.8 Å². The minimum atomic E-state index is 0. The van der Waals surface area contributed by atoms with Crippen molar-refractivity contribution in [2.45, 2.75) is 13.8 Å². The maximum Gasteiger partial charge on any atom is 0.126 e. The summed E-state index contributed by atoms with van der Waals surface area (Å²) in [5.74, 6) is 0.167. The molecule has 0 rings (SSSR count). The Hall–Kier alpha value is 0.917. The molecule has 0 fully saturated rings. The number of carbonyl (C=O) groups is 1. The van der Waals surface area contributed by atoms with E-state index in [1.807, 2.05) is 0 Å². The van der Waals surface area contributed by atoms with Crippen molar-refractivity contribution in [1.29, 1.82) is 0 Å². The summed E-state index contributed by atoms with van der Waals surface area (Å²) in [4.78, 5) is 9.44. The first-order valence-electron chi connectivity index (χ1n) is 1.20. The topological polar surface area (TPSA) is 17.1 Å². The first-order valence-corrected chi connectivity index (χ1v) is 1.20. The van der Waals surface area contributed by atoms with Gasteiger partial charge in [0, 0.05) is 37.3 Å². The fourth-order valence-electron chi connectivity index (χ4n) is 0. The fourth-order valence-corrected chi connectivity index (χ4v) is 0. The average molecular weight is 225 g/mol. The zero-order valence-electron chi connectivity index (χ0n) is 3.20. The van der Waals surface area contributed by atoms with Gasteiger partial charge in [-0.3, -0.25) is 0 Å². The third kappa shape index (κ3) is 49.8. The second-order valence-electron chi connectivity index (χ2n) is 0.908. The molecule has 0 aromatic carbocycles. The summed E-state index contributed by atoms with van der Waals surface area (Å²) in [6.45, 7) is 3.06. The molecule has 0 aliphatic heterocycles. The maximum absolute atomic E-state index is 9.44. The maximum atomic E-state index is 9.44. The standard InChI is InChI=1S/C3H6O.Er/c1-3(2)4;/h1-2H3;. The first kappa shape index (κ1) is 9.32. The number of hydrogen-bond acceptors (Lipinski definition) is 1. The van der Waals surface area contributed by atoms with E-state index in [0.717, 1.165) is 0 Å². The Morgan fingerprint density at radius 1 is 1.40 bits per heavy atom. The van der Waals surface area contributed by atoms with Crippen molar-refractivity contribution in [2.24, 2.45) is 0 Å². The van der Waals surface area contributed by atoms with Crippen LogP contribution in [-0.2, 0) is 4.79 Å². The molecule has 1 nitrogen and oxygen atoms in total. The van der Waals surface area contributed by atoms with Gasteiger partial charge in [0.15, 0.2) is 0 Å². The summed E-state index contributed by atoms with van der Waals surface area (Å²) in [6, 6.07) is 0. The van der Waals surface area contributed by atoms with E-state index >= 15 is 0 Å². The molecular weight excluding hydrogens is 219 g/mol. The Balaban J connectivity index is 0. The smallest absolute Gasteiger partial charge is 0.126 e. The molecule has 0 aromatic rings. The van der Waals surface area contributed by atoms with Crippen LogP contribution >= 0.6 is 0 Å². The van der Waals surface area contributed by atoms with E-state index in [1.54, 1.807) is 0 Å². The normalized spacial score (nSPS) is 5.20. The van der Waals surface area contributed by atoms with Crippen molar-refractivity contribution in [3.63, 3.8) is 0 Å². The van der Waals surface area contributed by atoms with Crippen LogP contribution in [0.25, 0.3) is 0 Å². The second-order valence-corrected chi connectivity index (χ2v) is 0.908. The van der Waals surface area contributed by atoms with Crippen molar-refractivity contribution in [2.75, 3.05) is 0 Å². The number of rotatable bonds is 0. The molecule has 0 heterocycles. The van der Waals surface area contributed by atoms with Crippen molar-refractivity contribution in [1.82, 2.24) is 0 Å². The molecule has 36 valence electrons. The van der Waals surface area contributed by atoms with Gasteiger partial charge in [-0.05, 0) is 13.8 Å². The van der Waals surface area contributed by atoms with E-state index in [-0.39, 0.29) is 43.1 Å².